The lowest BCUT2D eigenvalue weighted by atomic mass is 10.6. The molecule has 1 nitrogen and oxygen atoms in total. The zero-order valence-electron chi connectivity index (χ0n) is 1.88. The lowest BCUT2D eigenvalue weighted by Gasteiger charge is -1.49. The van der Waals surface area contributed by atoms with Crippen molar-refractivity contribution in [2.45, 2.75) is 0 Å². The normalized spacial score (nSPS) is 7.25. The molecule has 1 N–H and O–H groups in total. The van der Waals surface area contributed by atoms with E-state index in [4.69, 9.17) is 5.02 Å². The molecule has 0 spiro atoms. The Morgan fingerprint density at radius 1 is 2.00 bits per heavy atom. The monoisotopic (exact) mass is 91.0 g/mol. The third-order valence-electron chi connectivity index (χ3n) is 0.0471. The maximum Gasteiger partial charge on any atom is 0.370 e. The van der Waals surface area contributed by atoms with E-state index in [0.717, 1.165) is 7.20 Å². The standard InChI is InChI=1S/BHOPS/c2-1-3-4/h2H. The van der Waals surface area contributed by atoms with Crippen molar-refractivity contribution in [2.75, 3.05) is 0 Å². The molecule has 0 aliphatic carbocycles. The Labute approximate surface area is 32.1 Å². The highest BCUT2D eigenvalue weighted by Gasteiger charge is 1.60. The van der Waals surface area contributed by atoms with Gasteiger partial charge >= 0.3 is 7.20 Å². The quantitative estimate of drug-likeness (QED) is 0.359. The van der Waals surface area contributed by atoms with E-state index in [2.05, 4.69) is 11.8 Å². The van der Waals surface area contributed by atoms with Crippen LogP contribution in [0.3, 0.4) is 0 Å². The minimum absolute atomic E-state index is 0.512. The minimum Gasteiger partial charge on any atom is -0.446 e. The van der Waals surface area contributed by atoms with Crippen molar-refractivity contribution in [3.63, 3.8) is 0 Å². The summed E-state index contributed by atoms with van der Waals surface area (Å²) >= 11 is 4.22. The van der Waals surface area contributed by atoms with E-state index in [1.165, 1.54) is 0 Å². The fourth-order valence-corrected chi connectivity index (χ4v) is 0. The predicted octanol–water partition coefficient (Wildman–Crippen LogP) is -0.0790. The van der Waals surface area contributed by atoms with E-state index in [1.807, 2.05) is 0 Å². The molecular formula is HBOPS. The Kier molecular flexibility index (Phi) is 4.03. The molecule has 21 valence electrons. The zero-order chi connectivity index (χ0) is 3.41. The first-order valence-corrected chi connectivity index (χ1v) is 2.68. The molecule has 0 aromatic carbocycles. The van der Waals surface area contributed by atoms with Crippen molar-refractivity contribution < 1.29 is 5.02 Å². The zero-order valence-corrected chi connectivity index (χ0v) is 3.59. The first-order valence-electron chi connectivity index (χ1n) is 0.699. The van der Waals surface area contributed by atoms with Gasteiger partial charge in [0.25, 0.3) is 0 Å². The Morgan fingerprint density at radius 3 is 2.25 bits per heavy atom. The van der Waals surface area contributed by atoms with Gasteiger partial charge in [-0.25, -0.2) is 0 Å². The highest BCUT2D eigenvalue weighted by atomic mass is 32.4. The van der Waals surface area contributed by atoms with Crippen LogP contribution in [-0.2, 0) is 11.8 Å². The average molecular weight is 90.9 g/mol. The van der Waals surface area contributed by atoms with Crippen LogP contribution in [0.25, 0.3) is 0 Å². The van der Waals surface area contributed by atoms with Gasteiger partial charge in [0, 0.05) is 0 Å². The van der Waals surface area contributed by atoms with Crippen LogP contribution < -0.4 is 0 Å². The van der Waals surface area contributed by atoms with Crippen molar-refractivity contribution in [1.82, 2.24) is 0 Å². The number of hydrogen-bond acceptors (Lipinski definition) is 2. The summed E-state index contributed by atoms with van der Waals surface area (Å²) in [7, 11) is 1.42. The number of hydrogen-bond donors (Lipinski definition) is 1. The van der Waals surface area contributed by atoms with E-state index in [0.29, 0.717) is 7.23 Å². The van der Waals surface area contributed by atoms with Crippen LogP contribution in [-0.4, -0.2) is 12.2 Å². The summed E-state index contributed by atoms with van der Waals surface area (Å²) in [5.74, 6) is 0. The Hall–Kier alpha value is 0.545. The van der Waals surface area contributed by atoms with E-state index >= 15 is 0 Å². The molecule has 0 aromatic heterocycles. The summed E-state index contributed by atoms with van der Waals surface area (Å²) in [5.41, 5.74) is 0. The van der Waals surface area contributed by atoms with Gasteiger partial charge in [-0.2, -0.15) is 0 Å². The van der Waals surface area contributed by atoms with Crippen LogP contribution in [0.5, 0.6) is 0 Å². The maximum absolute atomic E-state index is 7.63. The van der Waals surface area contributed by atoms with Crippen LogP contribution in [0.2, 0.25) is 0 Å². The SMILES string of the molecule is O[B]P=S. The van der Waals surface area contributed by atoms with Crippen molar-refractivity contribution in [1.29, 1.82) is 0 Å². The smallest absolute Gasteiger partial charge is 0.370 e. The highest BCUT2D eigenvalue weighted by molar-refractivity contribution is 8.08. The molecule has 0 fully saturated rings. The molecule has 4 heteroatoms. The second-order valence-electron chi connectivity index (χ2n) is 0.221. The van der Waals surface area contributed by atoms with Crippen molar-refractivity contribution in [3.8, 4) is 0 Å². The summed E-state index contributed by atoms with van der Waals surface area (Å²) in [6.45, 7) is 0. The molecule has 0 unspecified atom stereocenters. The van der Waals surface area contributed by atoms with Gasteiger partial charge in [-0.05, 0) is 7.23 Å². The second-order valence-corrected chi connectivity index (χ2v) is 1.30. The van der Waals surface area contributed by atoms with Crippen LogP contribution in [0, 0.1) is 0 Å². The first-order chi connectivity index (χ1) is 1.91. The minimum atomic E-state index is 0.512. The molecule has 0 saturated heterocycles. The summed E-state index contributed by atoms with van der Waals surface area (Å²) in [6, 6.07) is 0. The van der Waals surface area contributed by atoms with Gasteiger partial charge in [0.2, 0.25) is 0 Å². The second kappa shape index (κ2) is 3.54. The van der Waals surface area contributed by atoms with Crippen molar-refractivity contribution in [3.05, 3.63) is 0 Å². The Bertz CT molecular complexity index is 22.0. The highest BCUT2D eigenvalue weighted by Crippen LogP contribution is 1.75. The van der Waals surface area contributed by atoms with Gasteiger partial charge in [-0.1, -0.05) is 11.8 Å². The molecule has 4 heavy (non-hydrogen) atoms. The summed E-state index contributed by atoms with van der Waals surface area (Å²) in [5, 5.41) is 7.63. The van der Waals surface area contributed by atoms with Crippen molar-refractivity contribution >= 4 is 26.2 Å². The van der Waals surface area contributed by atoms with Crippen LogP contribution in [0.15, 0.2) is 0 Å². The van der Waals surface area contributed by atoms with E-state index in [-0.39, 0.29) is 0 Å². The van der Waals surface area contributed by atoms with Gasteiger partial charge in [-0.3, -0.25) is 0 Å². The van der Waals surface area contributed by atoms with Crippen LogP contribution >= 0.6 is 7.23 Å². The van der Waals surface area contributed by atoms with Crippen molar-refractivity contribution in [2.24, 2.45) is 0 Å². The molecule has 1 radical (unpaired) electrons. The third-order valence-corrected chi connectivity index (χ3v) is 0.424. The molecule has 0 heterocycles. The predicted molar refractivity (Wildman–Crippen MR) is 22.3 cm³/mol. The van der Waals surface area contributed by atoms with Gasteiger partial charge in [-0.15, -0.1) is 0 Å². The Balaban J connectivity index is 2.30. The molecule has 0 bridgehead atoms. The molecule has 0 saturated carbocycles. The molecule has 0 rings (SSSR count). The molecule has 0 aliphatic heterocycles. The summed E-state index contributed by atoms with van der Waals surface area (Å²) in [4.78, 5) is 0. The molecule has 0 aliphatic rings. The van der Waals surface area contributed by atoms with E-state index < -0.39 is 0 Å². The fraction of sp³-hybridized carbons (Fsp3) is 0. The van der Waals surface area contributed by atoms with Gasteiger partial charge in [0.1, 0.15) is 0 Å². The molecular weight excluding hydrogens is 89.9 g/mol. The Morgan fingerprint density at radius 2 is 2.25 bits per heavy atom. The number of rotatable bonds is 1. The summed E-state index contributed by atoms with van der Waals surface area (Å²) in [6.07, 6.45) is 0. The molecule has 0 aromatic rings. The van der Waals surface area contributed by atoms with Gasteiger partial charge in [0.05, 0.1) is 0 Å². The lowest BCUT2D eigenvalue weighted by molar-refractivity contribution is 0.623. The van der Waals surface area contributed by atoms with Crippen LogP contribution in [0.4, 0.5) is 0 Å². The third kappa shape index (κ3) is 2.54. The summed E-state index contributed by atoms with van der Waals surface area (Å²) < 4.78 is 0. The maximum atomic E-state index is 7.63. The largest absolute Gasteiger partial charge is 0.446 e. The average Bonchev–Trinajstić information content (AvgIpc) is 1.37. The van der Waals surface area contributed by atoms with Gasteiger partial charge in [0.15, 0.2) is 0 Å². The lowest BCUT2D eigenvalue weighted by Crippen LogP contribution is -1.60. The fourth-order valence-electron chi connectivity index (χ4n) is 0. The van der Waals surface area contributed by atoms with Crippen LogP contribution in [0.1, 0.15) is 0 Å². The van der Waals surface area contributed by atoms with E-state index in [9.17, 15) is 0 Å². The van der Waals surface area contributed by atoms with E-state index in [1.54, 1.807) is 0 Å². The van der Waals surface area contributed by atoms with Gasteiger partial charge < -0.3 is 5.02 Å². The topological polar surface area (TPSA) is 20.2 Å². The first kappa shape index (κ1) is 4.54. The molecule has 0 amide bonds. The molecule has 0 atom stereocenters.